The highest BCUT2D eigenvalue weighted by Gasteiger charge is 2.11. The van der Waals surface area contributed by atoms with Gasteiger partial charge in [-0.2, -0.15) is 5.10 Å². The number of aromatic nitrogens is 2. The van der Waals surface area contributed by atoms with Gasteiger partial charge in [0.05, 0.1) is 5.69 Å². The van der Waals surface area contributed by atoms with Gasteiger partial charge in [0.2, 0.25) is 0 Å². The molecule has 6 nitrogen and oxygen atoms in total. The summed E-state index contributed by atoms with van der Waals surface area (Å²) < 4.78 is 1.95. The van der Waals surface area contributed by atoms with Crippen LogP contribution in [0.15, 0.2) is 29.3 Å². The van der Waals surface area contributed by atoms with Gasteiger partial charge in [-0.15, -0.1) is 24.0 Å². The predicted molar refractivity (Wildman–Crippen MR) is 131 cm³/mol. The van der Waals surface area contributed by atoms with Gasteiger partial charge >= 0.3 is 0 Å². The maximum atomic E-state index is 4.48. The quantitative estimate of drug-likeness (QED) is 0.342. The highest BCUT2D eigenvalue weighted by molar-refractivity contribution is 14.0. The van der Waals surface area contributed by atoms with E-state index in [-0.39, 0.29) is 24.0 Å². The molecule has 0 spiro atoms. The van der Waals surface area contributed by atoms with Gasteiger partial charge in [-0.1, -0.05) is 24.3 Å². The summed E-state index contributed by atoms with van der Waals surface area (Å²) >= 11 is 0. The molecule has 3 rings (SSSR count). The summed E-state index contributed by atoms with van der Waals surface area (Å²) in [5.41, 5.74) is 6.33. The first-order valence-corrected chi connectivity index (χ1v) is 10.3. The molecule has 7 heteroatoms. The van der Waals surface area contributed by atoms with Gasteiger partial charge in [-0.05, 0) is 62.9 Å². The van der Waals surface area contributed by atoms with E-state index in [2.05, 4.69) is 63.7 Å². The maximum absolute atomic E-state index is 4.48. The molecule has 2 N–H and O–H groups in total. The van der Waals surface area contributed by atoms with Gasteiger partial charge < -0.3 is 10.6 Å². The van der Waals surface area contributed by atoms with Crippen LogP contribution in [0.1, 0.15) is 40.9 Å². The van der Waals surface area contributed by atoms with Crippen LogP contribution >= 0.6 is 24.0 Å². The van der Waals surface area contributed by atoms with Gasteiger partial charge in [0.15, 0.2) is 5.96 Å². The van der Waals surface area contributed by atoms with Crippen molar-refractivity contribution < 1.29 is 0 Å². The molecule has 0 radical (unpaired) electrons. The molecule has 1 aliphatic rings. The predicted octanol–water partition coefficient (Wildman–Crippen LogP) is 3.16. The molecule has 0 bridgehead atoms. The smallest absolute Gasteiger partial charge is 0.191 e. The van der Waals surface area contributed by atoms with Crippen molar-refractivity contribution in [3.63, 3.8) is 0 Å². The number of nitrogens with zero attached hydrogens (tertiary/aromatic N) is 4. The summed E-state index contributed by atoms with van der Waals surface area (Å²) in [5.74, 6) is 0.834. The molecule has 0 atom stereocenters. The van der Waals surface area contributed by atoms with E-state index in [4.69, 9.17) is 0 Å². The monoisotopic (exact) mass is 510 g/mol. The number of hydrogen-bond donors (Lipinski definition) is 2. The Bertz CT molecular complexity index is 790. The molecular weight excluding hydrogens is 475 g/mol. The van der Waals surface area contributed by atoms with Gasteiger partial charge in [0, 0.05) is 39.4 Å². The zero-order valence-electron chi connectivity index (χ0n) is 18.2. The summed E-state index contributed by atoms with van der Waals surface area (Å²) in [6, 6.07) is 8.93. The fourth-order valence-corrected chi connectivity index (χ4v) is 3.85. The van der Waals surface area contributed by atoms with E-state index < -0.39 is 0 Å². The average molecular weight is 510 g/mol. The van der Waals surface area contributed by atoms with Crippen LogP contribution < -0.4 is 10.6 Å². The minimum Gasteiger partial charge on any atom is -0.356 e. The second-order valence-electron chi connectivity index (χ2n) is 7.68. The highest BCUT2D eigenvalue weighted by atomic mass is 127. The first-order chi connectivity index (χ1) is 13.6. The molecule has 1 fully saturated rings. The second kappa shape index (κ2) is 11.5. The van der Waals surface area contributed by atoms with Crippen LogP contribution in [0.2, 0.25) is 0 Å². The summed E-state index contributed by atoms with van der Waals surface area (Å²) in [7, 11) is 3.81. The van der Waals surface area contributed by atoms with E-state index in [1.165, 1.54) is 48.3 Å². The molecule has 0 amide bonds. The number of rotatable bonds is 7. The molecular formula is C22H35IN6. The number of likely N-dealkylation sites (tertiary alicyclic amines) is 1. The average Bonchev–Trinajstić information content (AvgIpc) is 3.28. The van der Waals surface area contributed by atoms with Crippen LogP contribution in [-0.4, -0.2) is 47.3 Å². The van der Waals surface area contributed by atoms with Crippen molar-refractivity contribution in [1.29, 1.82) is 0 Å². The minimum atomic E-state index is 0. The number of aliphatic imine (C=N–C) groups is 1. The lowest BCUT2D eigenvalue weighted by Crippen LogP contribution is -2.37. The van der Waals surface area contributed by atoms with Crippen LogP contribution in [-0.2, 0) is 26.6 Å². The van der Waals surface area contributed by atoms with Crippen LogP contribution in [0.3, 0.4) is 0 Å². The van der Waals surface area contributed by atoms with Crippen LogP contribution in [0.4, 0.5) is 0 Å². The Kier molecular flexibility index (Phi) is 9.42. The molecule has 1 saturated heterocycles. The lowest BCUT2D eigenvalue weighted by molar-refractivity contribution is 0.331. The Morgan fingerprint density at radius 2 is 1.72 bits per heavy atom. The molecule has 0 aliphatic carbocycles. The standard InChI is InChI=1S/C22H34N6.HI/c1-17-21(18(2)27(4)26-17)11-12-24-22(23-3)25-15-19-7-9-20(10-8-19)16-28-13-5-6-14-28;/h7-10H,5-6,11-16H2,1-4H3,(H2,23,24,25);1H. The van der Waals surface area contributed by atoms with Crippen molar-refractivity contribution in [3.8, 4) is 0 Å². The zero-order valence-corrected chi connectivity index (χ0v) is 20.5. The van der Waals surface area contributed by atoms with E-state index in [1.54, 1.807) is 0 Å². The highest BCUT2D eigenvalue weighted by Crippen LogP contribution is 2.14. The van der Waals surface area contributed by atoms with Crippen molar-refractivity contribution in [2.75, 3.05) is 26.7 Å². The third-order valence-electron chi connectivity index (χ3n) is 5.64. The number of hydrogen-bond acceptors (Lipinski definition) is 3. The molecule has 0 saturated carbocycles. The number of halogens is 1. The maximum Gasteiger partial charge on any atom is 0.191 e. The van der Waals surface area contributed by atoms with Crippen LogP contribution in [0.25, 0.3) is 0 Å². The number of benzene rings is 1. The molecule has 2 heterocycles. The summed E-state index contributed by atoms with van der Waals surface area (Å²) in [6.45, 7) is 9.35. The zero-order chi connectivity index (χ0) is 19.9. The van der Waals surface area contributed by atoms with Crippen LogP contribution in [0, 0.1) is 13.8 Å². The summed E-state index contributed by atoms with van der Waals surface area (Å²) in [6.07, 6.45) is 3.62. The molecule has 1 aromatic heterocycles. The van der Waals surface area contributed by atoms with E-state index in [0.717, 1.165) is 37.7 Å². The number of aryl methyl sites for hydroxylation is 2. The van der Waals surface area contributed by atoms with Crippen LogP contribution in [0.5, 0.6) is 0 Å². The van der Waals surface area contributed by atoms with E-state index in [1.807, 2.05) is 18.8 Å². The molecule has 0 unspecified atom stereocenters. The van der Waals surface area contributed by atoms with Crippen molar-refractivity contribution >= 4 is 29.9 Å². The first-order valence-electron chi connectivity index (χ1n) is 10.3. The topological polar surface area (TPSA) is 57.5 Å². The third-order valence-corrected chi connectivity index (χ3v) is 5.64. The van der Waals surface area contributed by atoms with Crippen molar-refractivity contribution in [2.24, 2.45) is 12.0 Å². The van der Waals surface area contributed by atoms with Gasteiger partial charge in [0.1, 0.15) is 0 Å². The van der Waals surface area contributed by atoms with E-state index in [9.17, 15) is 0 Å². The molecule has 1 aliphatic heterocycles. The SMILES string of the molecule is CN=C(NCCc1c(C)nn(C)c1C)NCc1ccc(CN2CCCC2)cc1.I. The normalized spacial score (nSPS) is 14.7. The largest absolute Gasteiger partial charge is 0.356 e. The number of guanidine groups is 1. The third kappa shape index (κ3) is 6.70. The Hall–Kier alpha value is -1.61. The molecule has 1 aromatic carbocycles. The Morgan fingerprint density at radius 3 is 2.31 bits per heavy atom. The lowest BCUT2D eigenvalue weighted by atomic mass is 10.1. The van der Waals surface area contributed by atoms with E-state index >= 15 is 0 Å². The van der Waals surface area contributed by atoms with Crippen molar-refractivity contribution in [1.82, 2.24) is 25.3 Å². The van der Waals surface area contributed by atoms with Crippen molar-refractivity contribution in [3.05, 3.63) is 52.3 Å². The molecule has 29 heavy (non-hydrogen) atoms. The van der Waals surface area contributed by atoms with Crippen molar-refractivity contribution in [2.45, 2.75) is 46.2 Å². The Balaban J connectivity index is 0.00000300. The van der Waals surface area contributed by atoms with Gasteiger partial charge in [-0.25, -0.2) is 0 Å². The van der Waals surface area contributed by atoms with Gasteiger partial charge in [0.25, 0.3) is 0 Å². The van der Waals surface area contributed by atoms with Gasteiger partial charge in [-0.3, -0.25) is 14.6 Å². The fraction of sp³-hybridized carbons (Fsp3) is 0.545. The van der Waals surface area contributed by atoms with E-state index in [0.29, 0.717) is 0 Å². The summed E-state index contributed by atoms with van der Waals surface area (Å²) in [4.78, 5) is 6.87. The lowest BCUT2D eigenvalue weighted by Gasteiger charge is -2.15. The number of nitrogens with one attached hydrogen (secondary N) is 2. The second-order valence-corrected chi connectivity index (χ2v) is 7.68. The Labute approximate surface area is 192 Å². The first kappa shape index (κ1) is 23.7. The fourth-order valence-electron chi connectivity index (χ4n) is 3.85. The minimum absolute atomic E-state index is 0. The molecule has 2 aromatic rings. The molecule has 160 valence electrons. The Morgan fingerprint density at radius 1 is 1.07 bits per heavy atom. The summed E-state index contributed by atoms with van der Waals surface area (Å²) in [5, 5.41) is 11.3.